The lowest BCUT2D eigenvalue weighted by Gasteiger charge is -2.14. The van der Waals surface area contributed by atoms with Crippen LogP contribution in [0, 0.1) is 0 Å². The van der Waals surface area contributed by atoms with E-state index < -0.39 is 29.8 Å². The third kappa shape index (κ3) is 10.0. The normalized spacial score (nSPS) is 11.7. The molecule has 1 unspecified atom stereocenters. The molecule has 2 rings (SSSR count). The van der Waals surface area contributed by atoms with Gasteiger partial charge in [-0.05, 0) is 30.7 Å². The zero-order chi connectivity index (χ0) is 24.3. The molecule has 0 radical (unpaired) electrons. The van der Waals surface area contributed by atoms with Crippen molar-refractivity contribution in [2.75, 3.05) is 13.2 Å². The summed E-state index contributed by atoms with van der Waals surface area (Å²) in [4.78, 5) is 29.5. The van der Waals surface area contributed by atoms with E-state index in [2.05, 4.69) is 5.32 Å². The summed E-state index contributed by atoms with van der Waals surface area (Å²) in [6.45, 7) is 1.80. The van der Waals surface area contributed by atoms with E-state index in [0.29, 0.717) is 16.9 Å². The highest BCUT2D eigenvalue weighted by molar-refractivity contribution is 6.27. The quantitative estimate of drug-likeness (QED) is 0.351. The number of rotatable bonds is 8. The first-order valence-electron chi connectivity index (χ1n) is 9.15. The number of ether oxygens (including phenoxy) is 1. The number of carbonyl (C=O) groups excluding carboxylic acids is 1. The summed E-state index contributed by atoms with van der Waals surface area (Å²) in [6.07, 6.45) is -5.22. The molecule has 0 spiro atoms. The number of ketones is 1. The number of nitrogens with one attached hydrogen (secondary N) is 1. The molecule has 8 nitrogen and oxygen atoms in total. The molecule has 0 heterocycles. The van der Waals surface area contributed by atoms with Crippen molar-refractivity contribution in [1.29, 1.82) is 0 Å². The van der Waals surface area contributed by atoms with Gasteiger partial charge in [-0.3, -0.25) is 4.79 Å². The van der Waals surface area contributed by atoms with Gasteiger partial charge in [-0.15, -0.1) is 0 Å². The van der Waals surface area contributed by atoms with Gasteiger partial charge >= 0.3 is 18.1 Å². The lowest BCUT2D eigenvalue weighted by atomic mass is 10.1. The summed E-state index contributed by atoms with van der Waals surface area (Å²) in [5, 5.41) is 27.6. The van der Waals surface area contributed by atoms with Crippen molar-refractivity contribution >= 4 is 17.7 Å². The second kappa shape index (κ2) is 12.4. The van der Waals surface area contributed by atoms with Gasteiger partial charge in [0.15, 0.2) is 5.78 Å². The molecule has 0 aliphatic heterocycles. The Hall–Kier alpha value is -3.44. The minimum absolute atomic E-state index is 0.00303. The summed E-state index contributed by atoms with van der Waals surface area (Å²) in [6, 6.07) is 11.6. The van der Waals surface area contributed by atoms with Crippen molar-refractivity contribution in [3.05, 3.63) is 65.2 Å². The first-order valence-corrected chi connectivity index (χ1v) is 9.15. The molecule has 32 heavy (non-hydrogen) atoms. The maximum atomic E-state index is 12.7. The molecule has 0 aliphatic rings. The van der Waals surface area contributed by atoms with E-state index in [1.54, 1.807) is 30.3 Å². The van der Waals surface area contributed by atoms with Gasteiger partial charge in [0.1, 0.15) is 18.5 Å². The molecule has 11 heteroatoms. The SMILES string of the molecule is CC(=O)c1cccc(OCC(O)CNCc2cccc(C(F)(F)F)c2)c1.O=C(O)C(=O)O. The van der Waals surface area contributed by atoms with Crippen molar-refractivity contribution in [2.24, 2.45) is 0 Å². The van der Waals surface area contributed by atoms with Crippen LogP contribution >= 0.6 is 0 Å². The molecule has 0 saturated heterocycles. The number of hydrogen-bond donors (Lipinski definition) is 4. The Morgan fingerprint density at radius 1 is 1.03 bits per heavy atom. The number of carbonyl (C=O) groups is 3. The summed E-state index contributed by atoms with van der Waals surface area (Å²) in [7, 11) is 0. The molecule has 2 aromatic rings. The van der Waals surface area contributed by atoms with E-state index in [4.69, 9.17) is 24.5 Å². The summed E-state index contributed by atoms with van der Waals surface area (Å²) in [5.41, 5.74) is 0.285. The van der Waals surface area contributed by atoms with E-state index >= 15 is 0 Å². The Kier molecular flexibility index (Phi) is 10.3. The number of benzene rings is 2. The Labute approximate surface area is 181 Å². The van der Waals surface area contributed by atoms with Crippen molar-refractivity contribution in [3.8, 4) is 5.75 Å². The van der Waals surface area contributed by atoms with E-state index in [-0.39, 0.29) is 25.5 Å². The van der Waals surface area contributed by atoms with Gasteiger partial charge in [-0.2, -0.15) is 13.2 Å². The fourth-order valence-corrected chi connectivity index (χ4v) is 2.30. The van der Waals surface area contributed by atoms with Gasteiger partial charge in [-0.25, -0.2) is 9.59 Å². The molecule has 0 amide bonds. The van der Waals surface area contributed by atoms with Crippen molar-refractivity contribution in [2.45, 2.75) is 25.7 Å². The van der Waals surface area contributed by atoms with Crippen molar-refractivity contribution in [1.82, 2.24) is 5.32 Å². The molecule has 2 aromatic carbocycles. The number of Topliss-reactive ketones (excluding diaryl/α,β-unsaturated/α-hetero) is 1. The third-order valence-electron chi connectivity index (χ3n) is 3.83. The fourth-order valence-electron chi connectivity index (χ4n) is 2.30. The van der Waals surface area contributed by atoms with Gasteiger partial charge < -0.3 is 25.4 Å². The van der Waals surface area contributed by atoms with Crippen LogP contribution in [0.15, 0.2) is 48.5 Å². The Balaban J connectivity index is 0.000000751. The highest BCUT2D eigenvalue weighted by atomic mass is 19.4. The second-order valence-corrected chi connectivity index (χ2v) is 6.49. The number of carboxylic acid groups (broad SMARTS) is 2. The largest absolute Gasteiger partial charge is 0.491 e. The van der Waals surface area contributed by atoms with E-state index in [1.807, 2.05) is 0 Å². The summed E-state index contributed by atoms with van der Waals surface area (Å²) < 4.78 is 43.4. The number of hydrogen-bond acceptors (Lipinski definition) is 6. The fraction of sp³-hybridized carbons (Fsp3) is 0.286. The average molecular weight is 457 g/mol. The molecule has 0 aliphatic carbocycles. The minimum Gasteiger partial charge on any atom is -0.491 e. The highest BCUT2D eigenvalue weighted by Gasteiger charge is 2.30. The number of aliphatic hydroxyl groups excluding tert-OH is 1. The molecule has 0 fully saturated rings. The first kappa shape index (κ1) is 26.6. The van der Waals surface area contributed by atoms with Crippen LogP contribution in [0.2, 0.25) is 0 Å². The predicted molar refractivity (Wildman–Crippen MR) is 106 cm³/mol. The Morgan fingerprint density at radius 3 is 2.22 bits per heavy atom. The molecule has 4 N–H and O–H groups in total. The zero-order valence-corrected chi connectivity index (χ0v) is 16.9. The molecule has 0 bridgehead atoms. The molecule has 1 atom stereocenters. The smallest absolute Gasteiger partial charge is 0.416 e. The van der Waals surface area contributed by atoms with Crippen LogP contribution in [0.5, 0.6) is 5.75 Å². The molecular weight excluding hydrogens is 435 g/mol. The third-order valence-corrected chi connectivity index (χ3v) is 3.83. The maximum Gasteiger partial charge on any atom is 0.416 e. The standard InChI is InChI=1S/C19H20F3NO3.C2H2O4/c1-13(24)15-5-3-7-18(9-15)26-12-17(25)11-23-10-14-4-2-6-16(8-14)19(20,21)22;3-1(4)2(5)6/h2-9,17,23,25H,10-12H2,1H3;(H,3,4)(H,5,6). The number of carboxylic acids is 2. The maximum absolute atomic E-state index is 12.7. The Morgan fingerprint density at radius 2 is 1.66 bits per heavy atom. The van der Waals surface area contributed by atoms with Gasteiger partial charge in [0.2, 0.25) is 0 Å². The molecule has 0 aromatic heterocycles. The van der Waals surface area contributed by atoms with Crippen LogP contribution in [-0.4, -0.2) is 52.3 Å². The predicted octanol–water partition coefficient (Wildman–Crippen LogP) is 2.59. The number of aliphatic hydroxyl groups is 1. The Bertz CT molecular complexity index is 920. The lowest BCUT2D eigenvalue weighted by molar-refractivity contribution is -0.159. The van der Waals surface area contributed by atoms with Gasteiger partial charge in [0, 0.05) is 18.7 Å². The van der Waals surface area contributed by atoms with E-state index in [1.165, 1.54) is 13.0 Å². The van der Waals surface area contributed by atoms with E-state index in [9.17, 15) is 23.1 Å². The monoisotopic (exact) mass is 457 g/mol. The highest BCUT2D eigenvalue weighted by Crippen LogP contribution is 2.29. The lowest BCUT2D eigenvalue weighted by Crippen LogP contribution is -2.31. The summed E-state index contributed by atoms with van der Waals surface area (Å²) >= 11 is 0. The topological polar surface area (TPSA) is 133 Å². The number of halogens is 3. The van der Waals surface area contributed by atoms with Gasteiger partial charge in [-0.1, -0.05) is 30.3 Å². The molecule has 174 valence electrons. The molecular formula is C21H22F3NO7. The van der Waals surface area contributed by atoms with Crippen LogP contribution in [0.1, 0.15) is 28.4 Å². The summed E-state index contributed by atoms with van der Waals surface area (Å²) in [5.74, 6) is -3.27. The van der Waals surface area contributed by atoms with Crippen LogP contribution < -0.4 is 10.1 Å². The van der Waals surface area contributed by atoms with Crippen molar-refractivity contribution < 1.29 is 47.6 Å². The van der Waals surface area contributed by atoms with Gasteiger partial charge in [0.25, 0.3) is 0 Å². The first-order chi connectivity index (χ1) is 14.9. The van der Waals surface area contributed by atoms with Crippen molar-refractivity contribution in [3.63, 3.8) is 0 Å². The van der Waals surface area contributed by atoms with Crippen LogP contribution in [0.3, 0.4) is 0 Å². The van der Waals surface area contributed by atoms with Crippen LogP contribution in [0.4, 0.5) is 13.2 Å². The van der Waals surface area contributed by atoms with Crippen LogP contribution in [-0.2, 0) is 22.3 Å². The minimum atomic E-state index is -4.38. The second-order valence-electron chi connectivity index (χ2n) is 6.49. The van der Waals surface area contributed by atoms with Crippen LogP contribution in [0.25, 0.3) is 0 Å². The van der Waals surface area contributed by atoms with E-state index in [0.717, 1.165) is 12.1 Å². The average Bonchev–Trinajstić information content (AvgIpc) is 2.72. The zero-order valence-electron chi connectivity index (χ0n) is 16.9. The number of aliphatic carboxylic acids is 2. The number of alkyl halides is 3. The molecule has 0 saturated carbocycles. The van der Waals surface area contributed by atoms with Gasteiger partial charge in [0.05, 0.1) is 5.56 Å².